The number of nitrogens with two attached hydrogens (primary N) is 1. The zero-order valence-electron chi connectivity index (χ0n) is 15.4. The average molecular weight is 331 g/mol. The van der Waals surface area contributed by atoms with Gasteiger partial charge in [0.15, 0.2) is 5.65 Å². The number of hydrogen-bond acceptors (Lipinski definition) is 4. The van der Waals surface area contributed by atoms with Crippen LogP contribution < -0.4 is 11.1 Å². The maximum atomic E-state index is 12.7. The van der Waals surface area contributed by atoms with Crippen LogP contribution in [-0.2, 0) is 0 Å². The van der Waals surface area contributed by atoms with Gasteiger partial charge in [-0.05, 0) is 39.2 Å². The van der Waals surface area contributed by atoms with Gasteiger partial charge in [-0.15, -0.1) is 0 Å². The molecule has 1 amide bonds. The molecule has 0 saturated carbocycles. The van der Waals surface area contributed by atoms with Gasteiger partial charge in [-0.2, -0.15) is 5.10 Å². The highest BCUT2D eigenvalue weighted by atomic mass is 16.1. The van der Waals surface area contributed by atoms with Gasteiger partial charge in [0.05, 0.1) is 23.2 Å². The zero-order valence-corrected chi connectivity index (χ0v) is 15.4. The molecular formula is C18H29N5O. The van der Waals surface area contributed by atoms with E-state index in [2.05, 4.69) is 29.2 Å². The van der Waals surface area contributed by atoms with Gasteiger partial charge in [-0.3, -0.25) is 4.79 Å². The predicted octanol–water partition coefficient (Wildman–Crippen LogP) is 2.96. The molecule has 0 spiro atoms. The Morgan fingerprint density at radius 2 is 2.04 bits per heavy atom. The van der Waals surface area contributed by atoms with E-state index in [0.717, 1.165) is 36.0 Å². The van der Waals surface area contributed by atoms with Crippen LogP contribution in [0.2, 0.25) is 0 Å². The zero-order chi connectivity index (χ0) is 17.9. The summed E-state index contributed by atoms with van der Waals surface area (Å²) in [6.07, 6.45) is 4.33. The molecule has 2 rings (SSSR count). The maximum Gasteiger partial charge on any atom is 0.252 e. The van der Waals surface area contributed by atoms with Crippen LogP contribution in [-0.4, -0.2) is 32.8 Å². The van der Waals surface area contributed by atoms with Gasteiger partial charge >= 0.3 is 0 Å². The van der Waals surface area contributed by atoms with Crippen molar-refractivity contribution in [3.63, 3.8) is 0 Å². The third-order valence-corrected chi connectivity index (χ3v) is 4.96. The Morgan fingerprint density at radius 3 is 2.62 bits per heavy atom. The number of carbonyl (C=O) groups excluding carboxylic acids is 1. The van der Waals surface area contributed by atoms with Gasteiger partial charge < -0.3 is 11.1 Å². The Hall–Kier alpha value is -1.95. The van der Waals surface area contributed by atoms with E-state index in [9.17, 15) is 4.79 Å². The van der Waals surface area contributed by atoms with Crippen molar-refractivity contribution in [2.24, 2.45) is 5.73 Å². The Bertz CT molecular complexity index is 718. The normalized spacial score (nSPS) is 13.2. The molecule has 3 N–H and O–H groups in total. The fourth-order valence-corrected chi connectivity index (χ4v) is 2.68. The molecule has 1 atom stereocenters. The first-order valence-electron chi connectivity index (χ1n) is 8.77. The summed E-state index contributed by atoms with van der Waals surface area (Å²) in [5.41, 5.74) is 8.10. The summed E-state index contributed by atoms with van der Waals surface area (Å²) >= 11 is 0. The molecule has 0 aliphatic heterocycles. The molecule has 132 valence electrons. The van der Waals surface area contributed by atoms with Crippen molar-refractivity contribution in [1.82, 2.24) is 20.1 Å². The van der Waals surface area contributed by atoms with Gasteiger partial charge in [-0.1, -0.05) is 20.8 Å². The highest BCUT2D eigenvalue weighted by molar-refractivity contribution is 6.05. The second-order valence-electron chi connectivity index (χ2n) is 6.65. The molecular weight excluding hydrogens is 302 g/mol. The van der Waals surface area contributed by atoms with E-state index < -0.39 is 0 Å². The number of amides is 1. The van der Waals surface area contributed by atoms with E-state index in [-0.39, 0.29) is 17.5 Å². The molecule has 6 heteroatoms. The van der Waals surface area contributed by atoms with Gasteiger partial charge in [0.25, 0.3) is 5.91 Å². The summed E-state index contributed by atoms with van der Waals surface area (Å²) in [5, 5.41) is 8.21. The number of nitrogens with one attached hydrogen (secondary N) is 1. The number of fused-ring (bicyclic) bond motifs is 1. The number of hydrogen-bond donors (Lipinski definition) is 2. The van der Waals surface area contributed by atoms with Crippen LogP contribution in [0.5, 0.6) is 0 Å². The standard InChI is InChI=1S/C18H29N5O/c1-6-13(5)23-16-15(10-21-23)14(9-12(4)22-16)17(24)20-11-18(19,7-2)8-3/h9-10,13H,6-8,11,19H2,1-5H3,(H,20,24). The minimum absolute atomic E-state index is 0.120. The van der Waals surface area contributed by atoms with Crippen LogP contribution >= 0.6 is 0 Å². The Balaban J connectivity index is 2.35. The van der Waals surface area contributed by atoms with Gasteiger partial charge in [0, 0.05) is 17.8 Å². The van der Waals surface area contributed by atoms with Crippen LogP contribution in [0.1, 0.15) is 69.1 Å². The molecule has 0 aliphatic carbocycles. The molecule has 0 radical (unpaired) electrons. The molecule has 1 unspecified atom stereocenters. The molecule has 2 aromatic rings. The minimum Gasteiger partial charge on any atom is -0.350 e. The molecule has 0 aromatic carbocycles. The lowest BCUT2D eigenvalue weighted by Crippen LogP contribution is -2.49. The molecule has 2 aromatic heterocycles. The number of aryl methyl sites for hydroxylation is 1. The SMILES string of the molecule is CCC(C)n1ncc2c(C(=O)NCC(N)(CC)CC)cc(C)nc21. The minimum atomic E-state index is -0.363. The van der Waals surface area contributed by atoms with Gasteiger partial charge in [0.1, 0.15) is 0 Å². The molecule has 2 heterocycles. The highest BCUT2D eigenvalue weighted by Crippen LogP contribution is 2.22. The van der Waals surface area contributed by atoms with Crippen LogP contribution in [0, 0.1) is 6.92 Å². The number of rotatable bonds is 7. The third kappa shape index (κ3) is 3.59. The summed E-state index contributed by atoms with van der Waals surface area (Å²) in [6.45, 7) is 10.7. The molecule has 24 heavy (non-hydrogen) atoms. The molecule has 6 nitrogen and oxygen atoms in total. The van der Waals surface area contributed by atoms with Crippen molar-refractivity contribution in [1.29, 1.82) is 0 Å². The Labute approximate surface area is 143 Å². The lowest BCUT2D eigenvalue weighted by atomic mass is 9.94. The fraction of sp³-hybridized carbons (Fsp3) is 0.611. The number of pyridine rings is 1. The fourth-order valence-electron chi connectivity index (χ4n) is 2.68. The van der Waals surface area contributed by atoms with Crippen molar-refractivity contribution < 1.29 is 4.79 Å². The quantitative estimate of drug-likeness (QED) is 0.817. The maximum absolute atomic E-state index is 12.7. The first-order chi connectivity index (χ1) is 11.3. The predicted molar refractivity (Wildman–Crippen MR) is 97.1 cm³/mol. The lowest BCUT2D eigenvalue weighted by Gasteiger charge is -2.26. The molecule has 0 aliphatic rings. The lowest BCUT2D eigenvalue weighted by molar-refractivity contribution is 0.0943. The summed E-state index contributed by atoms with van der Waals surface area (Å²) < 4.78 is 1.89. The second-order valence-corrected chi connectivity index (χ2v) is 6.65. The molecule has 0 bridgehead atoms. The second kappa shape index (κ2) is 7.30. The monoisotopic (exact) mass is 331 g/mol. The van der Waals surface area contributed by atoms with Crippen molar-refractivity contribution in [2.45, 2.75) is 65.5 Å². The summed E-state index contributed by atoms with van der Waals surface area (Å²) in [4.78, 5) is 17.3. The van der Waals surface area contributed by atoms with E-state index in [0.29, 0.717) is 12.1 Å². The third-order valence-electron chi connectivity index (χ3n) is 4.96. The number of nitrogens with zero attached hydrogens (tertiary/aromatic N) is 3. The van der Waals surface area contributed by atoms with E-state index in [1.165, 1.54) is 0 Å². The van der Waals surface area contributed by atoms with E-state index in [1.807, 2.05) is 31.5 Å². The van der Waals surface area contributed by atoms with E-state index >= 15 is 0 Å². The smallest absolute Gasteiger partial charge is 0.252 e. The molecule has 0 saturated heterocycles. The first kappa shape index (κ1) is 18.4. The summed E-state index contributed by atoms with van der Waals surface area (Å²) in [5.74, 6) is -0.120. The van der Waals surface area contributed by atoms with Crippen molar-refractivity contribution >= 4 is 16.9 Å². The highest BCUT2D eigenvalue weighted by Gasteiger charge is 2.23. The first-order valence-corrected chi connectivity index (χ1v) is 8.77. The van der Waals surface area contributed by atoms with Crippen LogP contribution in [0.15, 0.2) is 12.3 Å². The van der Waals surface area contributed by atoms with E-state index in [1.54, 1.807) is 6.20 Å². The van der Waals surface area contributed by atoms with Gasteiger partial charge in [-0.25, -0.2) is 9.67 Å². The van der Waals surface area contributed by atoms with Crippen molar-refractivity contribution in [3.8, 4) is 0 Å². The summed E-state index contributed by atoms with van der Waals surface area (Å²) in [7, 11) is 0. The summed E-state index contributed by atoms with van der Waals surface area (Å²) in [6, 6.07) is 2.06. The Kier molecular flexibility index (Phi) is 5.59. The van der Waals surface area contributed by atoms with Crippen molar-refractivity contribution in [3.05, 3.63) is 23.5 Å². The van der Waals surface area contributed by atoms with Crippen LogP contribution in [0.3, 0.4) is 0 Å². The average Bonchev–Trinajstić information content (AvgIpc) is 3.01. The molecule has 0 fully saturated rings. The number of carbonyl (C=O) groups is 1. The van der Waals surface area contributed by atoms with Crippen LogP contribution in [0.25, 0.3) is 11.0 Å². The van der Waals surface area contributed by atoms with Gasteiger partial charge in [0.2, 0.25) is 0 Å². The van der Waals surface area contributed by atoms with Crippen molar-refractivity contribution in [2.75, 3.05) is 6.54 Å². The number of aromatic nitrogens is 3. The largest absolute Gasteiger partial charge is 0.350 e. The van der Waals surface area contributed by atoms with Crippen LogP contribution in [0.4, 0.5) is 0 Å². The topological polar surface area (TPSA) is 85.8 Å². The Morgan fingerprint density at radius 1 is 1.38 bits per heavy atom. The van der Waals surface area contributed by atoms with E-state index in [4.69, 9.17) is 5.73 Å².